The van der Waals surface area contributed by atoms with Crippen molar-refractivity contribution in [2.75, 3.05) is 0 Å². The number of benzene rings is 1. The van der Waals surface area contributed by atoms with Crippen LogP contribution < -0.4 is 0 Å². The van der Waals surface area contributed by atoms with E-state index in [0.717, 1.165) is 28.6 Å². The number of aliphatic carboxylic acids is 1. The molecule has 0 saturated heterocycles. The van der Waals surface area contributed by atoms with Gasteiger partial charge in [0.1, 0.15) is 5.82 Å². The molecule has 0 amide bonds. The fraction of sp³-hybridized carbons (Fsp3) is 0.250. The number of hydrogen-bond acceptors (Lipinski definition) is 2. The first-order chi connectivity index (χ1) is 9.88. The average Bonchev–Trinajstić information content (AvgIpc) is 2.66. The minimum atomic E-state index is -1.06. The van der Waals surface area contributed by atoms with Crippen molar-refractivity contribution in [3.63, 3.8) is 0 Å². The SMILES string of the molecule is Cc1nn(Cc2ccc(F)cc2C=CC(=O)O)c(C)c1C. The third-order valence-electron chi connectivity index (χ3n) is 3.58. The van der Waals surface area contributed by atoms with E-state index in [0.29, 0.717) is 12.1 Å². The van der Waals surface area contributed by atoms with Crippen molar-refractivity contribution in [2.45, 2.75) is 27.3 Å². The fourth-order valence-electron chi connectivity index (χ4n) is 2.13. The first kappa shape index (κ1) is 15.0. The smallest absolute Gasteiger partial charge is 0.328 e. The standard InChI is InChI=1S/C16H17FN2O2/c1-10-11(2)18-19(12(10)3)9-14-4-6-15(17)8-13(14)5-7-16(20)21/h4-8H,9H2,1-3H3,(H,20,21). The third kappa shape index (κ3) is 3.37. The zero-order chi connectivity index (χ0) is 15.6. The Labute approximate surface area is 122 Å². The van der Waals surface area contributed by atoms with Gasteiger partial charge in [0.05, 0.1) is 12.2 Å². The summed E-state index contributed by atoms with van der Waals surface area (Å²) >= 11 is 0. The highest BCUT2D eigenvalue weighted by Crippen LogP contribution is 2.18. The van der Waals surface area contributed by atoms with E-state index >= 15 is 0 Å². The molecule has 0 fully saturated rings. The van der Waals surface area contributed by atoms with E-state index in [1.807, 2.05) is 25.5 Å². The third-order valence-corrected chi connectivity index (χ3v) is 3.58. The summed E-state index contributed by atoms with van der Waals surface area (Å²) in [4.78, 5) is 10.6. The van der Waals surface area contributed by atoms with Gasteiger partial charge in [-0.2, -0.15) is 5.10 Å². The molecule has 5 heteroatoms. The summed E-state index contributed by atoms with van der Waals surface area (Å²) in [6.07, 6.45) is 2.41. The van der Waals surface area contributed by atoms with Gasteiger partial charge in [-0.1, -0.05) is 6.07 Å². The Morgan fingerprint density at radius 2 is 2.10 bits per heavy atom. The molecular formula is C16H17FN2O2. The Bertz CT molecular complexity index is 717. The Morgan fingerprint density at radius 1 is 1.38 bits per heavy atom. The molecule has 1 aromatic carbocycles. The zero-order valence-corrected chi connectivity index (χ0v) is 12.2. The number of rotatable bonds is 4. The zero-order valence-electron chi connectivity index (χ0n) is 12.2. The van der Waals surface area contributed by atoms with E-state index in [9.17, 15) is 9.18 Å². The molecule has 4 nitrogen and oxygen atoms in total. The van der Waals surface area contributed by atoms with Crippen molar-refractivity contribution in [1.82, 2.24) is 9.78 Å². The van der Waals surface area contributed by atoms with Crippen molar-refractivity contribution >= 4 is 12.0 Å². The van der Waals surface area contributed by atoms with Crippen molar-refractivity contribution < 1.29 is 14.3 Å². The second-order valence-corrected chi connectivity index (χ2v) is 4.97. The lowest BCUT2D eigenvalue weighted by molar-refractivity contribution is -0.131. The molecule has 110 valence electrons. The summed E-state index contributed by atoms with van der Waals surface area (Å²) < 4.78 is 15.2. The predicted molar refractivity (Wildman–Crippen MR) is 78.6 cm³/mol. The van der Waals surface area contributed by atoms with Gasteiger partial charge in [0.2, 0.25) is 0 Å². The molecule has 0 aliphatic heterocycles. The van der Waals surface area contributed by atoms with Crippen LogP contribution in [0.15, 0.2) is 24.3 Å². The van der Waals surface area contributed by atoms with Crippen LogP contribution in [0.2, 0.25) is 0 Å². The molecule has 0 aliphatic carbocycles. The van der Waals surface area contributed by atoms with Crippen LogP contribution in [0.1, 0.15) is 28.1 Å². The quantitative estimate of drug-likeness (QED) is 0.880. The Kier molecular flexibility index (Phi) is 4.21. The molecule has 1 N–H and O–H groups in total. The van der Waals surface area contributed by atoms with Gasteiger partial charge in [-0.15, -0.1) is 0 Å². The second-order valence-electron chi connectivity index (χ2n) is 4.97. The summed E-state index contributed by atoms with van der Waals surface area (Å²) in [6.45, 7) is 6.39. The predicted octanol–water partition coefficient (Wildman–Crippen LogP) is 3.09. The highest BCUT2D eigenvalue weighted by Gasteiger charge is 2.10. The van der Waals surface area contributed by atoms with E-state index < -0.39 is 11.8 Å². The maximum absolute atomic E-state index is 13.4. The number of aryl methyl sites for hydroxylation is 1. The highest BCUT2D eigenvalue weighted by molar-refractivity contribution is 5.85. The molecule has 2 rings (SSSR count). The van der Waals surface area contributed by atoms with Gasteiger partial charge in [0.15, 0.2) is 0 Å². The number of aromatic nitrogens is 2. The van der Waals surface area contributed by atoms with Crippen LogP contribution in [-0.2, 0) is 11.3 Å². The molecule has 0 aliphatic rings. The number of hydrogen-bond donors (Lipinski definition) is 1. The van der Waals surface area contributed by atoms with Gasteiger partial charge in [-0.05, 0) is 55.7 Å². The number of halogens is 1. The minimum Gasteiger partial charge on any atom is -0.478 e. The van der Waals surface area contributed by atoms with Gasteiger partial charge >= 0.3 is 5.97 Å². The Morgan fingerprint density at radius 3 is 2.67 bits per heavy atom. The first-order valence-electron chi connectivity index (χ1n) is 6.58. The maximum Gasteiger partial charge on any atom is 0.328 e. The van der Waals surface area contributed by atoms with Crippen LogP contribution in [-0.4, -0.2) is 20.9 Å². The number of carboxylic acid groups (broad SMARTS) is 1. The molecule has 0 bridgehead atoms. The molecule has 0 unspecified atom stereocenters. The van der Waals surface area contributed by atoms with E-state index in [4.69, 9.17) is 5.11 Å². The van der Waals surface area contributed by atoms with Gasteiger partial charge in [-0.3, -0.25) is 4.68 Å². The topological polar surface area (TPSA) is 55.1 Å². The minimum absolute atomic E-state index is 0.395. The number of carboxylic acids is 1. The molecule has 1 aromatic heterocycles. The summed E-state index contributed by atoms with van der Waals surface area (Å²) in [5.74, 6) is -1.46. The lowest BCUT2D eigenvalue weighted by Crippen LogP contribution is -2.06. The molecule has 2 aromatic rings. The van der Waals surface area contributed by atoms with Crippen molar-refractivity contribution in [3.05, 3.63) is 58.2 Å². The van der Waals surface area contributed by atoms with E-state index in [1.54, 1.807) is 6.07 Å². The Balaban J connectivity index is 2.39. The number of carbonyl (C=O) groups is 1. The first-order valence-corrected chi connectivity index (χ1v) is 6.58. The van der Waals surface area contributed by atoms with E-state index in [1.165, 1.54) is 18.2 Å². The fourth-order valence-corrected chi connectivity index (χ4v) is 2.13. The summed E-state index contributed by atoms with van der Waals surface area (Å²) in [5.41, 5.74) is 4.49. The molecule has 0 atom stereocenters. The molecule has 21 heavy (non-hydrogen) atoms. The Hall–Kier alpha value is -2.43. The largest absolute Gasteiger partial charge is 0.478 e. The van der Waals surface area contributed by atoms with Crippen LogP contribution in [0.25, 0.3) is 6.08 Å². The highest BCUT2D eigenvalue weighted by atomic mass is 19.1. The van der Waals surface area contributed by atoms with Gasteiger partial charge in [-0.25, -0.2) is 9.18 Å². The van der Waals surface area contributed by atoms with Gasteiger partial charge in [0.25, 0.3) is 0 Å². The monoisotopic (exact) mass is 288 g/mol. The lowest BCUT2D eigenvalue weighted by atomic mass is 10.1. The lowest BCUT2D eigenvalue weighted by Gasteiger charge is -2.09. The van der Waals surface area contributed by atoms with Crippen molar-refractivity contribution in [2.24, 2.45) is 0 Å². The normalized spacial score (nSPS) is 11.2. The van der Waals surface area contributed by atoms with Crippen LogP contribution >= 0.6 is 0 Å². The van der Waals surface area contributed by atoms with Crippen LogP contribution in [0.4, 0.5) is 4.39 Å². The van der Waals surface area contributed by atoms with Crippen molar-refractivity contribution in [3.8, 4) is 0 Å². The van der Waals surface area contributed by atoms with E-state index in [-0.39, 0.29) is 0 Å². The molecular weight excluding hydrogens is 271 g/mol. The second kappa shape index (κ2) is 5.91. The molecule has 0 radical (unpaired) electrons. The van der Waals surface area contributed by atoms with Gasteiger partial charge < -0.3 is 5.11 Å². The number of nitrogens with zero attached hydrogens (tertiary/aromatic N) is 2. The molecule has 0 saturated carbocycles. The van der Waals surface area contributed by atoms with Crippen molar-refractivity contribution in [1.29, 1.82) is 0 Å². The summed E-state index contributed by atoms with van der Waals surface area (Å²) in [7, 11) is 0. The van der Waals surface area contributed by atoms with Crippen LogP contribution in [0, 0.1) is 26.6 Å². The molecule has 0 spiro atoms. The summed E-state index contributed by atoms with van der Waals surface area (Å²) in [6, 6.07) is 4.35. The van der Waals surface area contributed by atoms with Crippen LogP contribution in [0.5, 0.6) is 0 Å². The molecule has 1 heterocycles. The maximum atomic E-state index is 13.4. The van der Waals surface area contributed by atoms with Gasteiger partial charge in [0, 0.05) is 11.8 Å². The summed E-state index contributed by atoms with van der Waals surface area (Å²) in [5, 5.41) is 13.2. The van der Waals surface area contributed by atoms with Crippen LogP contribution in [0.3, 0.4) is 0 Å². The van der Waals surface area contributed by atoms with E-state index in [2.05, 4.69) is 5.10 Å². The average molecular weight is 288 g/mol.